The van der Waals surface area contributed by atoms with Gasteiger partial charge in [-0.3, -0.25) is 4.79 Å². The third-order valence-corrected chi connectivity index (χ3v) is 5.17. The molecular formula is C26H28FN3O2. The van der Waals surface area contributed by atoms with Crippen LogP contribution >= 0.6 is 0 Å². The van der Waals surface area contributed by atoms with Gasteiger partial charge < -0.3 is 10.1 Å². The quantitative estimate of drug-likeness (QED) is 0.399. The Morgan fingerprint density at radius 2 is 1.81 bits per heavy atom. The second kappa shape index (κ2) is 10.1. The van der Waals surface area contributed by atoms with E-state index in [4.69, 9.17) is 4.74 Å². The zero-order chi connectivity index (χ0) is 21.8. The van der Waals surface area contributed by atoms with Gasteiger partial charge in [-0.25, -0.2) is 9.07 Å². The molecule has 0 saturated heterocycles. The van der Waals surface area contributed by atoms with Gasteiger partial charge in [0, 0.05) is 11.8 Å². The van der Waals surface area contributed by atoms with Crippen molar-refractivity contribution in [2.75, 3.05) is 0 Å². The van der Waals surface area contributed by atoms with Gasteiger partial charge in [0.1, 0.15) is 17.7 Å². The van der Waals surface area contributed by atoms with E-state index >= 15 is 0 Å². The smallest absolute Gasteiger partial charge is 0.220 e. The highest BCUT2D eigenvalue weighted by Crippen LogP contribution is 2.29. The van der Waals surface area contributed by atoms with E-state index < -0.39 is 0 Å². The van der Waals surface area contributed by atoms with Gasteiger partial charge >= 0.3 is 0 Å². The molecule has 0 saturated carbocycles. The van der Waals surface area contributed by atoms with Crippen LogP contribution in [0.25, 0.3) is 16.6 Å². The second-order valence-corrected chi connectivity index (χ2v) is 7.41. The molecule has 0 aliphatic carbocycles. The highest BCUT2D eigenvalue weighted by molar-refractivity contribution is 5.81. The highest BCUT2D eigenvalue weighted by Gasteiger charge is 2.23. The number of aromatic nitrogens is 2. The average Bonchev–Trinajstić information content (AvgIpc) is 3.21. The van der Waals surface area contributed by atoms with Gasteiger partial charge in [0.2, 0.25) is 5.91 Å². The van der Waals surface area contributed by atoms with E-state index in [-0.39, 0.29) is 31.3 Å². The van der Waals surface area contributed by atoms with Gasteiger partial charge in [-0.1, -0.05) is 44.7 Å². The van der Waals surface area contributed by atoms with Crippen molar-refractivity contribution in [1.82, 2.24) is 15.1 Å². The standard InChI is InChI=1S/C25H24FN3O2.CH4/c1-3-24(30)28-17(2)25(18-7-5-4-6-8-18)31-22-13-14-23-19(15-22)16-27-29(23)21-11-9-20(26)10-12-21;/h4-17,25H,3H2,1-2H3,(H,28,30);1H4/t17-,25-;/m0./s1. The maximum atomic E-state index is 13.3. The number of halogens is 1. The lowest BCUT2D eigenvalue weighted by Gasteiger charge is -2.26. The Morgan fingerprint density at radius 1 is 1.09 bits per heavy atom. The fourth-order valence-electron chi connectivity index (χ4n) is 3.55. The van der Waals surface area contributed by atoms with Crippen molar-refractivity contribution in [1.29, 1.82) is 0 Å². The predicted molar refractivity (Wildman–Crippen MR) is 125 cm³/mol. The van der Waals surface area contributed by atoms with E-state index in [2.05, 4.69) is 10.4 Å². The number of ether oxygens (including phenoxy) is 1. The summed E-state index contributed by atoms with van der Waals surface area (Å²) < 4.78 is 21.4. The first-order chi connectivity index (χ1) is 15.0. The normalized spacial score (nSPS) is 12.6. The first kappa shape index (κ1) is 23.0. The minimum absolute atomic E-state index is 0. The van der Waals surface area contributed by atoms with E-state index in [0.717, 1.165) is 22.2 Å². The van der Waals surface area contributed by atoms with Crippen LogP contribution in [0.5, 0.6) is 5.75 Å². The molecule has 5 nitrogen and oxygen atoms in total. The number of hydrogen-bond acceptors (Lipinski definition) is 3. The zero-order valence-corrected chi connectivity index (χ0v) is 17.5. The molecule has 0 aliphatic rings. The van der Waals surface area contributed by atoms with Gasteiger partial charge in [-0.2, -0.15) is 5.10 Å². The molecule has 1 N–H and O–H groups in total. The third kappa shape index (κ3) is 4.97. The summed E-state index contributed by atoms with van der Waals surface area (Å²) in [5.74, 6) is 0.373. The molecule has 166 valence electrons. The van der Waals surface area contributed by atoms with Gasteiger partial charge in [0.25, 0.3) is 0 Å². The number of nitrogens with zero attached hydrogens (tertiary/aromatic N) is 2. The Balaban J connectivity index is 0.00000289. The summed E-state index contributed by atoms with van der Waals surface area (Å²) in [4.78, 5) is 11.9. The summed E-state index contributed by atoms with van der Waals surface area (Å²) >= 11 is 0. The molecule has 0 bridgehead atoms. The van der Waals surface area contributed by atoms with Crippen LogP contribution < -0.4 is 10.1 Å². The average molecular weight is 434 g/mol. The molecule has 1 heterocycles. The summed E-state index contributed by atoms with van der Waals surface area (Å²) in [5.41, 5.74) is 2.65. The van der Waals surface area contributed by atoms with E-state index in [9.17, 15) is 9.18 Å². The third-order valence-electron chi connectivity index (χ3n) is 5.17. The lowest BCUT2D eigenvalue weighted by Crippen LogP contribution is -2.38. The molecule has 0 spiro atoms. The number of fused-ring (bicyclic) bond motifs is 1. The SMILES string of the molecule is C.CCC(=O)N[C@@H](C)[C@H](Oc1ccc2c(cnn2-c2ccc(F)cc2)c1)c1ccccc1. The zero-order valence-electron chi connectivity index (χ0n) is 17.5. The molecule has 0 aliphatic heterocycles. The monoisotopic (exact) mass is 433 g/mol. The lowest BCUT2D eigenvalue weighted by atomic mass is 10.0. The molecule has 1 aromatic heterocycles. The molecule has 6 heteroatoms. The molecule has 4 aromatic rings. The Bertz CT molecular complexity index is 1170. The van der Waals surface area contributed by atoms with Crippen molar-refractivity contribution >= 4 is 16.8 Å². The van der Waals surface area contributed by atoms with Crippen LogP contribution in [0.1, 0.15) is 39.4 Å². The number of carbonyl (C=O) groups excluding carboxylic acids is 1. The molecule has 0 unspecified atom stereocenters. The minimum Gasteiger partial charge on any atom is -0.484 e. The van der Waals surface area contributed by atoms with E-state index in [1.807, 2.05) is 62.4 Å². The van der Waals surface area contributed by atoms with Crippen molar-refractivity contribution in [3.63, 3.8) is 0 Å². The van der Waals surface area contributed by atoms with Crippen molar-refractivity contribution in [2.45, 2.75) is 39.8 Å². The largest absolute Gasteiger partial charge is 0.484 e. The number of rotatable bonds is 7. The van der Waals surface area contributed by atoms with Crippen molar-refractivity contribution in [2.24, 2.45) is 0 Å². The summed E-state index contributed by atoms with van der Waals surface area (Å²) in [6.45, 7) is 3.77. The number of hydrogen-bond donors (Lipinski definition) is 1. The Hall–Kier alpha value is -3.67. The van der Waals surface area contributed by atoms with Gasteiger partial charge in [-0.05, 0) is 55.0 Å². The maximum Gasteiger partial charge on any atom is 0.220 e. The van der Waals surface area contributed by atoms with Crippen molar-refractivity contribution in [3.8, 4) is 11.4 Å². The molecule has 32 heavy (non-hydrogen) atoms. The Morgan fingerprint density at radius 3 is 2.50 bits per heavy atom. The van der Waals surface area contributed by atoms with E-state index in [1.54, 1.807) is 23.0 Å². The second-order valence-electron chi connectivity index (χ2n) is 7.41. The summed E-state index contributed by atoms with van der Waals surface area (Å²) in [6.07, 6.45) is 1.83. The van der Waals surface area contributed by atoms with Crippen molar-refractivity contribution < 1.29 is 13.9 Å². The highest BCUT2D eigenvalue weighted by atomic mass is 19.1. The topological polar surface area (TPSA) is 56.1 Å². The van der Waals surface area contributed by atoms with Crippen LogP contribution in [0.15, 0.2) is 79.0 Å². The van der Waals surface area contributed by atoms with Crippen LogP contribution in [0.4, 0.5) is 4.39 Å². The number of nitrogens with one attached hydrogen (secondary N) is 1. The molecular weight excluding hydrogens is 405 g/mol. The Kier molecular flexibility index (Phi) is 7.25. The van der Waals surface area contributed by atoms with Crippen LogP contribution in [0, 0.1) is 5.82 Å². The number of benzene rings is 3. The molecule has 2 atom stereocenters. The molecule has 0 radical (unpaired) electrons. The first-order valence-electron chi connectivity index (χ1n) is 10.3. The van der Waals surface area contributed by atoms with Crippen LogP contribution in [-0.2, 0) is 4.79 Å². The summed E-state index contributed by atoms with van der Waals surface area (Å²) in [5, 5.41) is 8.35. The molecule has 4 rings (SSSR count). The van der Waals surface area contributed by atoms with Crippen LogP contribution in [0.3, 0.4) is 0 Å². The fraction of sp³-hybridized carbons (Fsp3) is 0.231. The van der Waals surface area contributed by atoms with Crippen LogP contribution in [0.2, 0.25) is 0 Å². The summed E-state index contributed by atoms with van der Waals surface area (Å²) in [6, 6.07) is 21.6. The predicted octanol–water partition coefficient (Wildman–Crippen LogP) is 5.84. The number of carbonyl (C=O) groups is 1. The van der Waals surface area contributed by atoms with Crippen LogP contribution in [-0.4, -0.2) is 21.7 Å². The van der Waals surface area contributed by atoms with Gasteiger partial charge in [-0.15, -0.1) is 0 Å². The lowest BCUT2D eigenvalue weighted by molar-refractivity contribution is -0.122. The summed E-state index contributed by atoms with van der Waals surface area (Å²) in [7, 11) is 0. The van der Waals surface area contributed by atoms with Gasteiger partial charge in [0.05, 0.1) is 23.4 Å². The number of amides is 1. The van der Waals surface area contributed by atoms with E-state index in [1.165, 1.54) is 12.1 Å². The maximum absolute atomic E-state index is 13.3. The molecule has 3 aromatic carbocycles. The Labute approximate surface area is 187 Å². The molecule has 1 amide bonds. The minimum atomic E-state index is -0.346. The molecule has 0 fully saturated rings. The van der Waals surface area contributed by atoms with E-state index in [0.29, 0.717) is 12.2 Å². The van der Waals surface area contributed by atoms with Crippen molar-refractivity contribution in [3.05, 3.63) is 90.4 Å². The van der Waals surface area contributed by atoms with Gasteiger partial charge in [0.15, 0.2) is 0 Å². The first-order valence-corrected chi connectivity index (χ1v) is 10.3. The fourth-order valence-corrected chi connectivity index (χ4v) is 3.55.